The first kappa shape index (κ1) is 34.9. The largest absolute Gasteiger partial charge is 0.443 e. The van der Waals surface area contributed by atoms with E-state index in [0.29, 0.717) is 23.9 Å². The van der Waals surface area contributed by atoms with E-state index in [1.165, 1.54) is 0 Å². The van der Waals surface area contributed by atoms with Gasteiger partial charge in [0, 0.05) is 36.8 Å². The van der Waals surface area contributed by atoms with Crippen molar-refractivity contribution in [2.75, 3.05) is 5.32 Å². The van der Waals surface area contributed by atoms with Gasteiger partial charge in [-0.05, 0) is 107 Å². The second-order valence-corrected chi connectivity index (χ2v) is 18.0. The van der Waals surface area contributed by atoms with Crippen molar-refractivity contribution in [1.82, 2.24) is 0 Å². The summed E-state index contributed by atoms with van der Waals surface area (Å²) in [7, 11) is 0. The number of nitrogens with one attached hydrogen (secondary N) is 1. The maximum Gasteiger partial charge on any atom is 0.411 e. The molecule has 11 heteroatoms. The number of fused-ring (bicyclic) bond motifs is 4. The maximum atomic E-state index is 13.8. The Balaban J connectivity index is 1.04. The van der Waals surface area contributed by atoms with Crippen LogP contribution in [-0.2, 0) is 43.2 Å². The summed E-state index contributed by atoms with van der Waals surface area (Å²) in [6, 6.07) is 7.72. The van der Waals surface area contributed by atoms with E-state index in [1.807, 2.05) is 45.0 Å². The summed E-state index contributed by atoms with van der Waals surface area (Å²) in [4.78, 5) is 38.9. The van der Waals surface area contributed by atoms with Gasteiger partial charge in [-0.25, -0.2) is 24.3 Å². The van der Waals surface area contributed by atoms with Crippen LogP contribution in [0, 0.1) is 54.3 Å². The molecule has 2 spiro atoms. The zero-order chi connectivity index (χ0) is 35.5. The van der Waals surface area contributed by atoms with Gasteiger partial charge in [0.15, 0.2) is 23.8 Å². The topological polar surface area (TPSA) is 112 Å². The summed E-state index contributed by atoms with van der Waals surface area (Å²) in [5.74, 6) is -0.0221. The normalized spacial score (nSPS) is 51.7. The number of hydrogen-bond acceptors (Lipinski definition) is 10. The van der Waals surface area contributed by atoms with E-state index in [1.54, 1.807) is 0 Å². The predicted molar refractivity (Wildman–Crippen MR) is 183 cm³/mol. The van der Waals surface area contributed by atoms with Crippen LogP contribution in [0.1, 0.15) is 105 Å². The van der Waals surface area contributed by atoms with Crippen molar-refractivity contribution in [3.63, 3.8) is 0 Å². The van der Waals surface area contributed by atoms with E-state index in [2.05, 4.69) is 33.0 Å². The first-order valence-electron chi connectivity index (χ1n) is 19.8. The quantitative estimate of drug-likeness (QED) is 0.304. The fourth-order valence-corrected chi connectivity index (χ4v) is 12.0. The van der Waals surface area contributed by atoms with Crippen LogP contribution in [0.3, 0.4) is 0 Å². The van der Waals surface area contributed by atoms with Crippen molar-refractivity contribution in [2.24, 2.45) is 47.3 Å². The fraction of sp³-hybridized carbons (Fsp3) is 0.825. The molecular weight excluding hydrogens is 654 g/mol. The lowest BCUT2D eigenvalue weighted by Gasteiger charge is -2.62. The zero-order valence-corrected chi connectivity index (χ0v) is 31.3. The third-order valence-electron chi connectivity index (χ3n) is 14.9. The molecule has 2 saturated carbocycles. The highest BCUT2D eigenvalue weighted by Crippen LogP contribution is 2.63. The van der Waals surface area contributed by atoms with Crippen LogP contribution >= 0.6 is 0 Å². The lowest BCUT2D eigenvalue weighted by Crippen LogP contribution is -2.72. The minimum Gasteiger partial charge on any atom is -0.443 e. The van der Waals surface area contributed by atoms with Gasteiger partial charge in [0.05, 0.1) is 6.10 Å². The molecule has 11 nitrogen and oxygen atoms in total. The predicted octanol–water partition coefficient (Wildman–Crippen LogP) is 7.80. The van der Waals surface area contributed by atoms with Gasteiger partial charge in [0.25, 0.3) is 0 Å². The molecule has 17 atom stereocenters. The summed E-state index contributed by atoms with van der Waals surface area (Å²) in [6.45, 7) is 15.0. The third-order valence-corrected chi connectivity index (χ3v) is 14.9. The fourth-order valence-electron chi connectivity index (χ4n) is 12.0. The highest BCUT2D eigenvalue weighted by molar-refractivity contribution is 5.84. The van der Waals surface area contributed by atoms with E-state index < -0.39 is 53.7 Å². The first-order valence-corrected chi connectivity index (χ1v) is 19.8. The zero-order valence-electron chi connectivity index (χ0n) is 31.3. The van der Waals surface area contributed by atoms with Crippen LogP contribution in [0.25, 0.3) is 0 Å². The Morgan fingerprint density at radius 1 is 0.745 bits per heavy atom. The smallest absolute Gasteiger partial charge is 0.411 e. The Labute approximate surface area is 301 Å². The lowest BCUT2D eigenvalue weighted by atomic mass is 9.56. The molecule has 10 aliphatic rings. The van der Waals surface area contributed by atoms with Gasteiger partial charge in [0.1, 0.15) is 12.2 Å². The minimum atomic E-state index is -0.903. The van der Waals surface area contributed by atoms with Crippen molar-refractivity contribution in [2.45, 2.75) is 160 Å². The molecule has 11 rings (SSSR count). The van der Waals surface area contributed by atoms with Crippen molar-refractivity contribution < 1.29 is 48.0 Å². The molecule has 8 heterocycles. The van der Waals surface area contributed by atoms with E-state index in [0.717, 1.165) is 56.9 Å². The summed E-state index contributed by atoms with van der Waals surface area (Å²) in [6.07, 6.45) is 4.84. The van der Waals surface area contributed by atoms with Crippen LogP contribution in [0.2, 0.25) is 0 Å². The third kappa shape index (κ3) is 5.38. The van der Waals surface area contributed by atoms with Crippen LogP contribution in [-0.4, -0.2) is 59.8 Å². The van der Waals surface area contributed by atoms with Gasteiger partial charge in [-0.1, -0.05) is 45.4 Å². The number of carbonyl (C=O) groups excluding carboxylic acids is 1. The van der Waals surface area contributed by atoms with Gasteiger partial charge in [-0.15, -0.1) is 0 Å². The van der Waals surface area contributed by atoms with Crippen molar-refractivity contribution >= 4 is 11.8 Å². The number of rotatable bonds is 5. The Hall–Kier alpha value is -1.83. The molecule has 2 aliphatic carbocycles. The van der Waals surface area contributed by atoms with Gasteiger partial charge in [-0.2, -0.15) is 0 Å². The minimum absolute atomic E-state index is 0.0194. The Morgan fingerprint density at radius 2 is 1.29 bits per heavy atom. The maximum absolute atomic E-state index is 13.8. The monoisotopic (exact) mass is 711 g/mol. The number of aryl methyl sites for hydroxylation is 1. The molecule has 51 heavy (non-hydrogen) atoms. The highest BCUT2D eigenvalue weighted by Gasteiger charge is 2.72. The average Bonchev–Trinajstić information content (AvgIpc) is 3.47. The molecular formula is C40H57NO10. The number of hydrogen-bond donors (Lipinski definition) is 1. The van der Waals surface area contributed by atoms with Gasteiger partial charge in [0.2, 0.25) is 11.6 Å². The molecule has 282 valence electrons. The summed E-state index contributed by atoms with van der Waals surface area (Å²) < 4.78 is 34.0. The van der Waals surface area contributed by atoms with Gasteiger partial charge in [-0.3, -0.25) is 5.32 Å². The van der Waals surface area contributed by atoms with Gasteiger partial charge < -0.3 is 23.7 Å². The standard InChI is InChI=1S/C40H57NO10/c1-21-8-12-26(13-9-21)41-36(42)44-32(33-25(5)30-15-11-23(3)28-17-19-38(7)47-35(45-33)40(28,30)51-49-38)20-31-24(4)29-14-10-22(2)27-16-18-37(6)46-34(43-31)39(27,29)50-48-37/h8-9,12-13,22-25,27-35H,10-11,14-20H2,1-7H3,(H,41,42)/t22-,23-,24-,25-,27+,28+,29+,30+,31-,32+,33?,34-,35-,37-,38-,39-,40-/m1/s1. The number of amides is 1. The molecule has 4 bridgehead atoms. The van der Waals surface area contributed by atoms with Crippen molar-refractivity contribution in [1.29, 1.82) is 0 Å². The number of benzene rings is 1. The highest BCUT2D eigenvalue weighted by atomic mass is 17.3. The molecule has 1 N–H and O–H groups in total. The molecule has 1 unspecified atom stereocenters. The van der Waals surface area contributed by atoms with E-state index in [4.69, 9.17) is 43.2 Å². The number of anilines is 1. The summed E-state index contributed by atoms with van der Waals surface area (Å²) >= 11 is 0. The molecule has 1 amide bonds. The molecule has 8 saturated heterocycles. The number of carbonyl (C=O) groups is 1. The SMILES string of the molecule is Cc1ccc(NC(=O)O[C@@H](C[C@H]2O[C@@H]3O[C@@]4(C)CC[C@H]5[C@H](C)CC[C@@H]([C@H]2C)[C@@]35OO4)C2O[C@@H]3O[C@@]4(C)CC[C@H]5[C@H](C)CC[C@@H]([C@H]2C)[C@@]35OO4)cc1. The average molecular weight is 712 g/mol. The second kappa shape index (κ2) is 12.3. The lowest BCUT2D eigenvalue weighted by molar-refractivity contribution is -0.573. The molecule has 1 aromatic rings. The van der Waals surface area contributed by atoms with E-state index in [9.17, 15) is 4.79 Å². The van der Waals surface area contributed by atoms with E-state index >= 15 is 0 Å². The second-order valence-electron chi connectivity index (χ2n) is 18.0. The number of ether oxygens (including phenoxy) is 5. The molecule has 8 aliphatic heterocycles. The summed E-state index contributed by atoms with van der Waals surface area (Å²) in [5.41, 5.74) is 0.402. The first-order chi connectivity index (χ1) is 24.3. The summed E-state index contributed by atoms with van der Waals surface area (Å²) in [5, 5.41) is 2.97. The van der Waals surface area contributed by atoms with Crippen LogP contribution in [0.15, 0.2) is 24.3 Å². The Kier molecular flexibility index (Phi) is 8.45. The Morgan fingerprint density at radius 3 is 1.88 bits per heavy atom. The van der Waals surface area contributed by atoms with Crippen LogP contribution in [0.5, 0.6) is 0 Å². The van der Waals surface area contributed by atoms with E-state index in [-0.39, 0.29) is 41.6 Å². The molecule has 10 fully saturated rings. The Bertz CT molecular complexity index is 1490. The molecule has 1 aromatic carbocycles. The van der Waals surface area contributed by atoms with Gasteiger partial charge >= 0.3 is 6.09 Å². The molecule has 0 aromatic heterocycles. The molecule has 0 radical (unpaired) electrons. The van der Waals surface area contributed by atoms with Crippen molar-refractivity contribution in [3.8, 4) is 0 Å². The van der Waals surface area contributed by atoms with Crippen molar-refractivity contribution in [3.05, 3.63) is 29.8 Å². The van der Waals surface area contributed by atoms with Crippen LogP contribution in [0.4, 0.5) is 10.5 Å². The van der Waals surface area contributed by atoms with Crippen LogP contribution < -0.4 is 5.32 Å².